The van der Waals surface area contributed by atoms with E-state index in [1.165, 1.54) is 43.6 Å². The number of nitrogens with zero attached hydrogens (tertiary/aromatic N) is 1. The number of benzene rings is 1. The maximum Gasteiger partial charge on any atom is 0.261 e. The first-order valence-electron chi connectivity index (χ1n) is 9.67. The molecule has 0 radical (unpaired) electrons. The Morgan fingerprint density at radius 3 is 2.81 bits per heavy atom. The van der Waals surface area contributed by atoms with Gasteiger partial charge in [-0.1, -0.05) is 25.0 Å². The highest BCUT2D eigenvalue weighted by Crippen LogP contribution is 2.42. The molecule has 1 amide bonds. The van der Waals surface area contributed by atoms with Crippen LogP contribution in [0.4, 0.5) is 0 Å². The Labute approximate surface area is 159 Å². The van der Waals surface area contributed by atoms with Crippen molar-refractivity contribution in [3.8, 4) is 16.2 Å². The van der Waals surface area contributed by atoms with Gasteiger partial charge in [-0.3, -0.25) is 4.79 Å². The maximum atomic E-state index is 12.5. The molecule has 0 spiro atoms. The smallest absolute Gasteiger partial charge is 0.261 e. The fourth-order valence-electron chi connectivity index (χ4n) is 3.76. The van der Waals surface area contributed by atoms with Gasteiger partial charge in [0.05, 0.1) is 4.88 Å². The van der Waals surface area contributed by atoms with Gasteiger partial charge >= 0.3 is 0 Å². The normalized spacial score (nSPS) is 16.9. The first-order valence-corrected chi connectivity index (χ1v) is 10.5. The number of ether oxygens (including phenoxy) is 1. The molecule has 0 unspecified atom stereocenters. The van der Waals surface area contributed by atoms with Crippen molar-refractivity contribution in [3.05, 3.63) is 40.8 Å². The van der Waals surface area contributed by atoms with E-state index in [0.717, 1.165) is 41.3 Å². The number of carbonyl (C=O) groups is 1. The summed E-state index contributed by atoms with van der Waals surface area (Å²) in [6.45, 7) is 4.80. The van der Waals surface area contributed by atoms with E-state index in [-0.39, 0.29) is 5.91 Å². The topological polar surface area (TPSA) is 41.6 Å². The summed E-state index contributed by atoms with van der Waals surface area (Å²) in [7, 11) is 0. The summed E-state index contributed by atoms with van der Waals surface area (Å²) in [5.74, 6) is 0.948. The average Bonchev–Trinajstić information content (AvgIpc) is 2.95. The van der Waals surface area contributed by atoms with Crippen LogP contribution in [-0.4, -0.2) is 37.0 Å². The summed E-state index contributed by atoms with van der Waals surface area (Å²) < 4.78 is 5.79. The lowest BCUT2D eigenvalue weighted by Gasteiger charge is -2.19. The van der Waals surface area contributed by atoms with Gasteiger partial charge in [0.15, 0.2) is 0 Å². The molecule has 2 aliphatic rings. The van der Waals surface area contributed by atoms with Crippen LogP contribution < -0.4 is 10.1 Å². The van der Waals surface area contributed by atoms with E-state index in [9.17, 15) is 4.79 Å². The van der Waals surface area contributed by atoms with Gasteiger partial charge in [0, 0.05) is 22.5 Å². The molecule has 1 N–H and O–H groups in total. The Hall–Kier alpha value is -1.85. The summed E-state index contributed by atoms with van der Waals surface area (Å²) in [6.07, 6.45) is 6.38. The van der Waals surface area contributed by atoms with Gasteiger partial charge in [-0.15, -0.1) is 11.3 Å². The molecule has 0 saturated carbocycles. The van der Waals surface area contributed by atoms with Gasteiger partial charge in [0.2, 0.25) is 0 Å². The highest BCUT2D eigenvalue weighted by Gasteiger charge is 2.22. The molecule has 1 fully saturated rings. The molecule has 1 aromatic carbocycles. The van der Waals surface area contributed by atoms with Crippen LogP contribution in [0.3, 0.4) is 0 Å². The number of amides is 1. The first-order chi connectivity index (χ1) is 12.8. The zero-order valence-electron chi connectivity index (χ0n) is 15.1. The summed E-state index contributed by atoms with van der Waals surface area (Å²) in [5.41, 5.74) is 2.21. The number of hydrogen-bond acceptors (Lipinski definition) is 4. The Morgan fingerprint density at radius 2 is 1.96 bits per heavy atom. The third-order valence-corrected chi connectivity index (χ3v) is 6.39. The minimum atomic E-state index is 0.0396. The average molecular weight is 371 g/mol. The van der Waals surface area contributed by atoms with Gasteiger partial charge in [0.25, 0.3) is 5.91 Å². The number of nitrogens with one attached hydrogen (secondary N) is 1. The molecule has 1 saturated heterocycles. The van der Waals surface area contributed by atoms with Crippen LogP contribution in [0.1, 0.15) is 47.3 Å². The monoisotopic (exact) mass is 370 g/mol. The predicted molar refractivity (Wildman–Crippen MR) is 106 cm³/mol. The van der Waals surface area contributed by atoms with Crippen molar-refractivity contribution in [2.45, 2.75) is 38.7 Å². The number of rotatable bonds is 5. The van der Waals surface area contributed by atoms with Crippen molar-refractivity contribution in [3.63, 3.8) is 0 Å². The van der Waals surface area contributed by atoms with Crippen molar-refractivity contribution in [1.82, 2.24) is 10.2 Å². The SMILES string of the molecule is O=C(NCCCN1CCCCCC1)c1cc2c(s1)-c1ccccc1OC2. The molecule has 3 heterocycles. The third-order valence-electron chi connectivity index (χ3n) is 5.18. The molecule has 2 aliphatic heterocycles. The molecule has 26 heavy (non-hydrogen) atoms. The highest BCUT2D eigenvalue weighted by atomic mass is 32.1. The first kappa shape index (κ1) is 17.6. The van der Waals surface area contributed by atoms with Crippen molar-refractivity contribution in [2.24, 2.45) is 0 Å². The number of thiophene rings is 1. The maximum absolute atomic E-state index is 12.5. The molecule has 138 valence electrons. The van der Waals surface area contributed by atoms with Crippen LogP contribution in [0.2, 0.25) is 0 Å². The summed E-state index contributed by atoms with van der Waals surface area (Å²) >= 11 is 1.57. The molecule has 0 bridgehead atoms. The van der Waals surface area contributed by atoms with E-state index in [4.69, 9.17) is 4.74 Å². The van der Waals surface area contributed by atoms with E-state index in [1.54, 1.807) is 11.3 Å². The lowest BCUT2D eigenvalue weighted by Crippen LogP contribution is -2.30. The zero-order valence-corrected chi connectivity index (χ0v) is 15.9. The number of para-hydroxylation sites is 1. The minimum absolute atomic E-state index is 0.0396. The van der Waals surface area contributed by atoms with Crippen molar-refractivity contribution in [1.29, 1.82) is 0 Å². The Kier molecular flexibility index (Phi) is 5.56. The standard InChI is InChI=1S/C21H26N2O2S/c24-21(22-10-7-13-23-11-5-1-2-6-12-23)19-14-16-15-25-18-9-4-3-8-17(18)20(16)26-19/h3-4,8-9,14H,1-2,5-7,10-13,15H2,(H,22,24). The van der Waals surface area contributed by atoms with E-state index in [0.29, 0.717) is 6.61 Å². The summed E-state index contributed by atoms with van der Waals surface area (Å²) in [4.78, 5) is 17.0. The lowest BCUT2D eigenvalue weighted by molar-refractivity contribution is 0.0955. The molecular formula is C21H26N2O2S. The fraction of sp³-hybridized carbons (Fsp3) is 0.476. The Bertz CT molecular complexity index is 763. The molecule has 5 heteroatoms. The van der Waals surface area contributed by atoms with Crippen LogP contribution in [0, 0.1) is 0 Å². The Morgan fingerprint density at radius 1 is 1.15 bits per heavy atom. The molecule has 2 aromatic rings. The second-order valence-corrected chi connectivity index (χ2v) is 8.17. The van der Waals surface area contributed by atoms with Crippen LogP contribution in [0.5, 0.6) is 5.75 Å². The van der Waals surface area contributed by atoms with Crippen LogP contribution in [0.25, 0.3) is 10.4 Å². The second-order valence-electron chi connectivity index (χ2n) is 7.12. The fourth-order valence-corrected chi connectivity index (χ4v) is 4.88. The number of fused-ring (bicyclic) bond motifs is 3. The van der Waals surface area contributed by atoms with Crippen molar-refractivity contribution in [2.75, 3.05) is 26.2 Å². The van der Waals surface area contributed by atoms with Crippen molar-refractivity contribution < 1.29 is 9.53 Å². The minimum Gasteiger partial charge on any atom is -0.488 e. The quantitative estimate of drug-likeness (QED) is 0.798. The Balaban J connectivity index is 1.31. The van der Waals surface area contributed by atoms with Gasteiger partial charge in [0.1, 0.15) is 12.4 Å². The number of hydrogen-bond donors (Lipinski definition) is 1. The molecule has 4 nitrogen and oxygen atoms in total. The van der Waals surface area contributed by atoms with Crippen LogP contribution in [0.15, 0.2) is 30.3 Å². The zero-order chi connectivity index (χ0) is 17.8. The molecule has 0 aliphatic carbocycles. The van der Waals surface area contributed by atoms with Gasteiger partial charge < -0.3 is 15.0 Å². The molecule has 1 aromatic heterocycles. The predicted octanol–water partition coefficient (Wildman–Crippen LogP) is 4.30. The van der Waals surface area contributed by atoms with Gasteiger partial charge in [-0.2, -0.15) is 0 Å². The molecular weight excluding hydrogens is 344 g/mol. The van der Waals surface area contributed by atoms with Crippen molar-refractivity contribution >= 4 is 17.2 Å². The highest BCUT2D eigenvalue weighted by molar-refractivity contribution is 7.17. The summed E-state index contributed by atoms with van der Waals surface area (Å²) in [6, 6.07) is 10.0. The number of likely N-dealkylation sites (tertiary alicyclic amines) is 1. The molecule has 4 rings (SSSR count). The van der Waals surface area contributed by atoms with E-state index in [1.807, 2.05) is 24.3 Å². The van der Waals surface area contributed by atoms with E-state index >= 15 is 0 Å². The summed E-state index contributed by atoms with van der Waals surface area (Å²) in [5, 5.41) is 3.09. The van der Waals surface area contributed by atoms with Gasteiger partial charge in [-0.25, -0.2) is 0 Å². The largest absolute Gasteiger partial charge is 0.488 e. The lowest BCUT2D eigenvalue weighted by atomic mass is 10.1. The third kappa shape index (κ3) is 3.94. The van der Waals surface area contributed by atoms with Crippen LogP contribution in [-0.2, 0) is 6.61 Å². The van der Waals surface area contributed by atoms with Crippen LogP contribution >= 0.6 is 11.3 Å². The molecule has 0 atom stereocenters. The number of carbonyl (C=O) groups excluding carboxylic acids is 1. The van der Waals surface area contributed by atoms with Gasteiger partial charge in [-0.05, 0) is 57.1 Å². The second kappa shape index (κ2) is 8.23. The van der Waals surface area contributed by atoms with E-state index in [2.05, 4.69) is 16.3 Å². The van der Waals surface area contributed by atoms with E-state index < -0.39 is 0 Å².